The van der Waals surface area contributed by atoms with E-state index in [9.17, 15) is 15.0 Å². The van der Waals surface area contributed by atoms with Gasteiger partial charge < -0.3 is 35.1 Å². The molecule has 4 aliphatic rings. The number of hydrogen-bond donors (Lipinski definition) is 4. The first kappa shape index (κ1) is 50.1. The van der Waals surface area contributed by atoms with Crippen molar-refractivity contribution in [2.75, 3.05) is 30.5 Å². The number of urea groups is 1. The van der Waals surface area contributed by atoms with Crippen LogP contribution in [0.25, 0.3) is 10.2 Å². The van der Waals surface area contributed by atoms with Crippen molar-refractivity contribution in [2.24, 2.45) is 11.8 Å². The van der Waals surface area contributed by atoms with E-state index in [1.54, 1.807) is 56.3 Å². The Kier molecular flexibility index (Phi) is 14.1. The van der Waals surface area contributed by atoms with Gasteiger partial charge in [0.25, 0.3) is 0 Å². The lowest BCUT2D eigenvalue weighted by molar-refractivity contribution is -0.177. The van der Waals surface area contributed by atoms with Gasteiger partial charge in [0.1, 0.15) is 41.6 Å². The number of methoxy groups -OCH3 is 1. The summed E-state index contributed by atoms with van der Waals surface area (Å²) in [6, 6.07) is 32.2. The molecule has 4 N–H and O–H groups in total. The highest BCUT2D eigenvalue weighted by atomic mass is 32.1. The minimum Gasteiger partial charge on any atom is -0.491 e. The van der Waals surface area contributed by atoms with Crippen LogP contribution in [0, 0.1) is 23.7 Å². The van der Waals surface area contributed by atoms with Gasteiger partial charge in [0.15, 0.2) is 5.13 Å². The van der Waals surface area contributed by atoms with Crippen molar-refractivity contribution in [1.29, 1.82) is 0 Å². The Labute approximate surface area is 432 Å². The number of esters is 2. The third-order valence-electron chi connectivity index (χ3n) is 14.8. The molecule has 3 aliphatic heterocycles. The second kappa shape index (κ2) is 20.8. The van der Waals surface area contributed by atoms with Gasteiger partial charge >= 0.3 is 18.0 Å². The summed E-state index contributed by atoms with van der Waals surface area (Å²) in [5.74, 6) is 1.54. The van der Waals surface area contributed by atoms with Crippen molar-refractivity contribution in [2.45, 2.75) is 93.7 Å². The minimum atomic E-state index is -2.17. The summed E-state index contributed by atoms with van der Waals surface area (Å²) in [6.45, 7) is 3.23. The van der Waals surface area contributed by atoms with Crippen molar-refractivity contribution >= 4 is 62.2 Å². The molecule has 10 rings (SSSR count). The van der Waals surface area contributed by atoms with Gasteiger partial charge in [-0.05, 0) is 96.3 Å². The quantitative estimate of drug-likeness (QED) is 0.0551. The molecule has 5 aromatic carbocycles. The number of nitrogens with zero attached hydrogens (tertiary/aromatic N) is 3. The number of benzene rings is 5. The molecule has 1 aromatic heterocycles. The zero-order valence-electron chi connectivity index (χ0n) is 41.2. The summed E-state index contributed by atoms with van der Waals surface area (Å²) in [4.78, 5) is 84.6. The Bertz CT molecular complexity index is 3110. The molecule has 0 radical (unpaired) electrons. The highest BCUT2D eigenvalue weighted by molar-refractivity contribution is 7.22. The maximum Gasteiger partial charge on any atom is 0.329 e. The minimum absolute atomic E-state index is 0.00736. The molecule has 380 valence electrons. The summed E-state index contributed by atoms with van der Waals surface area (Å²) in [7, 11) is 1.21. The smallest absolute Gasteiger partial charge is 0.329 e. The molecule has 0 unspecified atom stereocenters. The third kappa shape index (κ3) is 9.08. The fraction of sp³-hybridized carbons (Fsp3) is 0.345. The van der Waals surface area contributed by atoms with Crippen LogP contribution in [0.2, 0.25) is 0 Å². The van der Waals surface area contributed by atoms with Crippen LogP contribution in [0.15, 0.2) is 127 Å². The molecule has 4 heterocycles. The summed E-state index contributed by atoms with van der Waals surface area (Å²) < 4.78 is 18.4. The highest BCUT2D eigenvalue weighted by Gasteiger charge is 2.75. The SMILES string of the molecule is COC(=O)[C@@H](NC(=O)N1C(=O)[C@@]2(c3cc(C#CC4(O)CCCCCC4)ccc31)[C@H](c1ccc(OCCO)cc1)N1[C@H](c3ccccc3)[C@H](c3ccccc3)OC(=O)[C@H]1[C@@H]2C(=O)Nc1nc2ccccc2s1)C(C)C. The molecule has 16 heteroatoms. The van der Waals surface area contributed by atoms with Gasteiger partial charge in [-0.1, -0.05) is 135 Å². The van der Waals surface area contributed by atoms with Crippen LogP contribution in [0.1, 0.15) is 98.4 Å². The van der Waals surface area contributed by atoms with E-state index in [0.29, 0.717) is 46.4 Å². The lowest BCUT2D eigenvalue weighted by atomic mass is 9.65. The number of imide groups is 1. The van der Waals surface area contributed by atoms with E-state index in [1.165, 1.54) is 18.4 Å². The van der Waals surface area contributed by atoms with E-state index in [-0.39, 0.29) is 29.6 Å². The fourth-order valence-corrected chi connectivity index (χ4v) is 12.3. The zero-order valence-corrected chi connectivity index (χ0v) is 42.0. The van der Waals surface area contributed by atoms with Crippen LogP contribution in [-0.2, 0) is 34.1 Å². The topological polar surface area (TPSA) is 197 Å². The van der Waals surface area contributed by atoms with Gasteiger partial charge in [0.05, 0.1) is 47.6 Å². The molecule has 2 saturated heterocycles. The normalized spacial score (nSPS) is 23.5. The number of fused-ring (bicyclic) bond motifs is 4. The van der Waals surface area contributed by atoms with E-state index in [1.807, 2.05) is 89.8 Å². The fourth-order valence-electron chi connectivity index (χ4n) is 11.5. The van der Waals surface area contributed by atoms with Crippen LogP contribution in [0.4, 0.5) is 15.6 Å². The second-order valence-corrected chi connectivity index (χ2v) is 20.7. The van der Waals surface area contributed by atoms with Crippen molar-refractivity contribution in [3.05, 3.63) is 155 Å². The summed E-state index contributed by atoms with van der Waals surface area (Å²) in [6.07, 6.45) is 3.55. The lowest BCUT2D eigenvalue weighted by Crippen LogP contribution is -2.57. The first-order chi connectivity index (χ1) is 35.9. The van der Waals surface area contributed by atoms with Crippen molar-refractivity contribution in [3.8, 4) is 17.6 Å². The number of thiazole rings is 1. The Balaban J connectivity index is 1.27. The number of nitrogens with one attached hydrogen (secondary N) is 2. The molecule has 3 fully saturated rings. The molecule has 4 amide bonds. The molecule has 0 bridgehead atoms. The number of cyclic esters (lactones) is 1. The number of ether oxygens (including phenoxy) is 3. The molecule has 74 heavy (non-hydrogen) atoms. The molecule has 1 spiro atoms. The average Bonchev–Trinajstić information content (AvgIpc) is 3.99. The predicted octanol–water partition coefficient (Wildman–Crippen LogP) is 8.32. The Hall–Kier alpha value is -7.42. The number of para-hydroxylation sites is 1. The maximum atomic E-state index is 16.8. The number of morpholine rings is 1. The Morgan fingerprint density at radius 3 is 2.19 bits per heavy atom. The lowest BCUT2D eigenvalue weighted by Gasteiger charge is -2.46. The van der Waals surface area contributed by atoms with Gasteiger partial charge in [-0.3, -0.25) is 19.3 Å². The van der Waals surface area contributed by atoms with E-state index in [0.717, 1.165) is 35.3 Å². The van der Waals surface area contributed by atoms with Crippen molar-refractivity contribution in [1.82, 2.24) is 15.2 Å². The van der Waals surface area contributed by atoms with Crippen LogP contribution < -0.4 is 20.3 Å². The number of aromatic nitrogens is 1. The average molecular weight is 1020 g/mol. The first-order valence-corrected chi connectivity index (χ1v) is 25.9. The van der Waals surface area contributed by atoms with Gasteiger partial charge in [0.2, 0.25) is 11.8 Å². The first-order valence-electron chi connectivity index (χ1n) is 25.1. The summed E-state index contributed by atoms with van der Waals surface area (Å²) in [5, 5.41) is 27.5. The van der Waals surface area contributed by atoms with Gasteiger partial charge in [0, 0.05) is 5.56 Å². The summed E-state index contributed by atoms with van der Waals surface area (Å²) in [5.41, 5.74) is -0.290. The molecule has 1 saturated carbocycles. The van der Waals surface area contributed by atoms with Gasteiger partial charge in [-0.2, -0.15) is 0 Å². The Morgan fingerprint density at radius 2 is 1.53 bits per heavy atom. The van der Waals surface area contributed by atoms with Gasteiger partial charge in [-0.15, -0.1) is 0 Å². The maximum absolute atomic E-state index is 16.8. The van der Waals surface area contributed by atoms with Crippen LogP contribution >= 0.6 is 11.3 Å². The number of carbonyl (C=O) groups excluding carboxylic acids is 5. The van der Waals surface area contributed by atoms with Crippen molar-refractivity contribution in [3.63, 3.8) is 0 Å². The molecule has 15 nitrogen and oxygen atoms in total. The number of carbonyl (C=O) groups is 5. The molecular weight excluding hydrogens is 959 g/mol. The number of anilines is 2. The number of hydrogen-bond acceptors (Lipinski definition) is 13. The van der Waals surface area contributed by atoms with E-state index in [4.69, 9.17) is 19.2 Å². The molecular formula is C58H57N5O10S. The highest BCUT2D eigenvalue weighted by Crippen LogP contribution is 2.66. The zero-order chi connectivity index (χ0) is 51.7. The molecule has 6 aromatic rings. The van der Waals surface area contributed by atoms with E-state index in [2.05, 4.69) is 22.5 Å². The standard InChI is InChI=1S/C58H57N5O10S/c1-35(2)46(52(66)71-3)60-56(69)62-43-27-22-36(28-31-57(70)29-14-4-5-15-30-57)34-41(43)58(54(62)68)45(51(65)61-55-59-42-20-12-13-21-44(42)74-55)48-53(67)73-49(38-18-10-7-11-19-38)47(37-16-8-6-9-17-37)63(48)50(58)39-23-25-40(26-24-39)72-33-32-64/h6-13,16-27,34-35,45-50,64,70H,4-5,14-15,29-30,32-33H2,1-3H3,(H,60,69)(H,59,61,65)/t45-,46+,47-,48-,49+,50+,58-/m1/s1. The Morgan fingerprint density at radius 1 is 0.851 bits per heavy atom. The van der Waals surface area contributed by atoms with Crippen LogP contribution in [0.3, 0.4) is 0 Å². The number of amides is 4. The summed E-state index contributed by atoms with van der Waals surface area (Å²) >= 11 is 1.23. The largest absolute Gasteiger partial charge is 0.491 e. The monoisotopic (exact) mass is 1020 g/mol. The van der Waals surface area contributed by atoms with Crippen LogP contribution in [0.5, 0.6) is 5.75 Å². The molecule has 7 atom stereocenters. The predicted molar refractivity (Wildman–Crippen MR) is 278 cm³/mol. The number of rotatable bonds is 11. The van der Waals surface area contributed by atoms with E-state index >= 15 is 19.2 Å². The second-order valence-electron chi connectivity index (χ2n) is 19.6. The van der Waals surface area contributed by atoms with Crippen LogP contribution in [-0.4, -0.2) is 87.9 Å². The van der Waals surface area contributed by atoms with E-state index < -0.39 is 82.9 Å². The molecule has 1 aliphatic carbocycles. The number of aliphatic hydroxyl groups is 2. The van der Waals surface area contributed by atoms with Gasteiger partial charge in [-0.25, -0.2) is 19.5 Å². The number of aliphatic hydroxyl groups excluding tert-OH is 1. The van der Waals surface area contributed by atoms with Crippen molar-refractivity contribution < 1.29 is 48.4 Å². The third-order valence-corrected chi connectivity index (χ3v) is 15.7.